The van der Waals surface area contributed by atoms with Gasteiger partial charge in [0, 0.05) is 6.04 Å². The predicted octanol–water partition coefficient (Wildman–Crippen LogP) is 1.43. The second-order valence-corrected chi connectivity index (χ2v) is 4.06. The van der Waals surface area contributed by atoms with Crippen molar-refractivity contribution >= 4 is 21.6 Å². The third-order valence-corrected chi connectivity index (χ3v) is 2.75. The predicted molar refractivity (Wildman–Crippen MR) is 52.1 cm³/mol. The van der Waals surface area contributed by atoms with Crippen LogP contribution in [0.4, 0.5) is 0 Å². The van der Waals surface area contributed by atoms with Crippen molar-refractivity contribution in [3.63, 3.8) is 0 Å². The van der Waals surface area contributed by atoms with E-state index in [0.29, 0.717) is 0 Å². The Hall–Kier alpha value is -1.23. The van der Waals surface area contributed by atoms with E-state index in [9.17, 15) is 4.79 Å². The first-order valence-electron chi connectivity index (χ1n) is 4.02. The number of thiazole rings is 1. The molecule has 2 aromatic heterocycles. The zero-order valence-corrected chi connectivity index (χ0v) is 8.21. The number of nitrogens with zero attached hydrogens (tertiary/aromatic N) is 3. The molecule has 0 N–H and O–H groups in total. The Morgan fingerprint density at radius 3 is 2.77 bits per heavy atom. The van der Waals surface area contributed by atoms with Gasteiger partial charge in [-0.15, -0.1) is 0 Å². The molecule has 4 nitrogen and oxygen atoms in total. The quantitative estimate of drug-likeness (QED) is 0.691. The minimum atomic E-state index is 0.0554. The van der Waals surface area contributed by atoms with Crippen LogP contribution in [0.2, 0.25) is 0 Å². The van der Waals surface area contributed by atoms with Crippen LogP contribution in [0.25, 0.3) is 10.2 Å². The second kappa shape index (κ2) is 2.92. The van der Waals surface area contributed by atoms with Crippen molar-refractivity contribution < 1.29 is 0 Å². The van der Waals surface area contributed by atoms with Crippen LogP contribution in [-0.2, 0) is 0 Å². The first-order valence-corrected chi connectivity index (χ1v) is 4.83. The van der Waals surface area contributed by atoms with Crippen molar-refractivity contribution in [1.82, 2.24) is 14.8 Å². The molecule has 0 aliphatic carbocycles. The maximum Gasteiger partial charge on any atom is 0.308 e. The summed E-state index contributed by atoms with van der Waals surface area (Å²) in [6.45, 7) is 3.96. The van der Waals surface area contributed by atoms with Crippen LogP contribution in [0.1, 0.15) is 19.9 Å². The van der Waals surface area contributed by atoms with E-state index in [-0.39, 0.29) is 10.9 Å². The van der Waals surface area contributed by atoms with Crippen molar-refractivity contribution in [3.8, 4) is 0 Å². The zero-order valence-electron chi connectivity index (χ0n) is 7.39. The average Bonchev–Trinajstić information content (AvgIpc) is 2.39. The van der Waals surface area contributed by atoms with E-state index >= 15 is 0 Å². The van der Waals surface area contributed by atoms with Gasteiger partial charge in [0.05, 0.1) is 22.6 Å². The van der Waals surface area contributed by atoms with Gasteiger partial charge in [-0.2, -0.15) is 10.2 Å². The average molecular weight is 195 g/mol. The molecule has 5 heteroatoms. The van der Waals surface area contributed by atoms with Gasteiger partial charge in [0.15, 0.2) is 0 Å². The van der Waals surface area contributed by atoms with E-state index in [1.54, 1.807) is 17.0 Å². The summed E-state index contributed by atoms with van der Waals surface area (Å²) in [6, 6.07) is 0.172. The molecular weight excluding hydrogens is 186 g/mol. The van der Waals surface area contributed by atoms with Crippen LogP contribution in [0.5, 0.6) is 0 Å². The van der Waals surface area contributed by atoms with Crippen LogP contribution >= 0.6 is 11.3 Å². The third-order valence-electron chi connectivity index (χ3n) is 1.84. The van der Waals surface area contributed by atoms with Gasteiger partial charge >= 0.3 is 4.87 Å². The molecule has 0 unspecified atom stereocenters. The Balaban J connectivity index is 2.87. The van der Waals surface area contributed by atoms with Gasteiger partial charge in [0.2, 0.25) is 0 Å². The van der Waals surface area contributed by atoms with Crippen molar-refractivity contribution in [1.29, 1.82) is 0 Å². The summed E-state index contributed by atoms with van der Waals surface area (Å²) in [7, 11) is 0. The van der Waals surface area contributed by atoms with Crippen molar-refractivity contribution in [2.24, 2.45) is 0 Å². The molecule has 0 bridgehead atoms. The first kappa shape index (κ1) is 8.37. The number of fused-ring (bicyclic) bond motifs is 1. The van der Waals surface area contributed by atoms with E-state index in [0.717, 1.165) is 10.2 Å². The molecule has 0 fully saturated rings. The lowest BCUT2D eigenvalue weighted by molar-refractivity contribution is 0.610. The lowest BCUT2D eigenvalue weighted by Crippen LogP contribution is -2.14. The number of hydrogen-bond acceptors (Lipinski definition) is 4. The fourth-order valence-corrected chi connectivity index (χ4v) is 2.24. The SMILES string of the molecule is CC(C)n1c(=O)sc2cnncc21. The molecule has 13 heavy (non-hydrogen) atoms. The monoisotopic (exact) mass is 195 g/mol. The summed E-state index contributed by atoms with van der Waals surface area (Å²) >= 11 is 1.21. The summed E-state index contributed by atoms with van der Waals surface area (Å²) in [5.74, 6) is 0. The largest absolute Gasteiger partial charge is 0.308 e. The highest BCUT2D eigenvalue weighted by Crippen LogP contribution is 2.17. The third kappa shape index (κ3) is 1.25. The molecule has 0 aromatic carbocycles. The summed E-state index contributed by atoms with van der Waals surface area (Å²) in [4.78, 5) is 11.6. The second-order valence-electron chi connectivity index (χ2n) is 3.07. The van der Waals surface area contributed by atoms with E-state index < -0.39 is 0 Å². The Bertz CT molecular complexity index is 485. The number of hydrogen-bond donors (Lipinski definition) is 0. The Labute approximate surface area is 78.8 Å². The number of rotatable bonds is 1. The van der Waals surface area contributed by atoms with Crippen molar-refractivity contribution in [3.05, 3.63) is 22.1 Å². The van der Waals surface area contributed by atoms with Crippen LogP contribution in [0.3, 0.4) is 0 Å². The molecule has 0 aliphatic heterocycles. The molecule has 0 atom stereocenters. The van der Waals surface area contributed by atoms with Gasteiger partial charge < -0.3 is 0 Å². The minimum Gasteiger partial charge on any atom is -0.294 e. The molecule has 0 amide bonds. The normalized spacial score (nSPS) is 11.3. The topological polar surface area (TPSA) is 47.8 Å². The Kier molecular flexibility index (Phi) is 1.88. The van der Waals surface area contributed by atoms with Gasteiger partial charge in [-0.1, -0.05) is 11.3 Å². The summed E-state index contributed by atoms with van der Waals surface area (Å²) < 4.78 is 2.63. The molecule has 68 valence electrons. The minimum absolute atomic E-state index is 0.0554. The molecule has 0 spiro atoms. The standard InChI is InChI=1S/C8H9N3OS/c1-5(2)11-6-3-9-10-4-7(6)13-8(11)12/h3-5H,1-2H3. The molecular formula is C8H9N3OS. The number of aromatic nitrogens is 3. The summed E-state index contributed by atoms with van der Waals surface area (Å²) in [5.41, 5.74) is 0.875. The highest BCUT2D eigenvalue weighted by atomic mass is 32.1. The van der Waals surface area contributed by atoms with Crippen LogP contribution in [0, 0.1) is 0 Å². The van der Waals surface area contributed by atoms with Crippen molar-refractivity contribution in [2.75, 3.05) is 0 Å². The lowest BCUT2D eigenvalue weighted by Gasteiger charge is -2.05. The molecule has 0 radical (unpaired) electrons. The van der Waals surface area contributed by atoms with Crippen molar-refractivity contribution in [2.45, 2.75) is 19.9 Å². The smallest absolute Gasteiger partial charge is 0.294 e. The van der Waals surface area contributed by atoms with Crippen LogP contribution in [-0.4, -0.2) is 14.8 Å². The zero-order chi connectivity index (χ0) is 9.42. The fourth-order valence-electron chi connectivity index (χ4n) is 1.29. The molecule has 0 saturated heterocycles. The Morgan fingerprint density at radius 1 is 1.38 bits per heavy atom. The van der Waals surface area contributed by atoms with E-state index in [4.69, 9.17) is 0 Å². The van der Waals surface area contributed by atoms with Gasteiger partial charge in [0.25, 0.3) is 0 Å². The maximum atomic E-state index is 11.5. The van der Waals surface area contributed by atoms with Gasteiger partial charge in [0.1, 0.15) is 0 Å². The fraction of sp³-hybridized carbons (Fsp3) is 0.375. The van der Waals surface area contributed by atoms with Crippen LogP contribution < -0.4 is 4.87 Å². The Morgan fingerprint density at radius 2 is 2.08 bits per heavy atom. The van der Waals surface area contributed by atoms with Gasteiger partial charge in [-0.25, -0.2) is 0 Å². The van der Waals surface area contributed by atoms with Gasteiger partial charge in [-0.05, 0) is 13.8 Å². The van der Waals surface area contributed by atoms with Gasteiger partial charge in [-0.3, -0.25) is 9.36 Å². The molecule has 0 aliphatic rings. The first-order chi connectivity index (χ1) is 6.20. The molecule has 2 heterocycles. The van der Waals surface area contributed by atoms with Crippen LogP contribution in [0.15, 0.2) is 17.2 Å². The van der Waals surface area contributed by atoms with E-state index in [1.165, 1.54) is 11.3 Å². The maximum absolute atomic E-state index is 11.5. The van der Waals surface area contributed by atoms with E-state index in [1.807, 2.05) is 13.8 Å². The highest BCUT2D eigenvalue weighted by Gasteiger charge is 2.09. The lowest BCUT2D eigenvalue weighted by atomic mass is 10.4. The van der Waals surface area contributed by atoms with E-state index in [2.05, 4.69) is 10.2 Å². The summed E-state index contributed by atoms with van der Waals surface area (Å²) in [5, 5.41) is 7.50. The molecule has 0 saturated carbocycles. The summed E-state index contributed by atoms with van der Waals surface area (Å²) in [6.07, 6.45) is 3.26. The highest BCUT2D eigenvalue weighted by molar-refractivity contribution is 7.16. The molecule has 2 aromatic rings. The molecule has 2 rings (SSSR count).